The highest BCUT2D eigenvalue weighted by atomic mass is 32.1. The van der Waals surface area contributed by atoms with Gasteiger partial charge in [0, 0.05) is 18.4 Å². The Kier molecular flexibility index (Phi) is 3.59. The fourth-order valence-corrected chi connectivity index (χ4v) is 2.42. The Labute approximate surface area is 95.5 Å². The summed E-state index contributed by atoms with van der Waals surface area (Å²) in [4.78, 5) is 3.04. The number of nitrogens with one attached hydrogen (secondary N) is 1. The largest absolute Gasteiger partial charge is 0.376 e. The quantitative estimate of drug-likeness (QED) is 0.800. The summed E-state index contributed by atoms with van der Waals surface area (Å²) in [5.41, 5.74) is 1.18. The Bertz CT molecular complexity index is 363. The van der Waals surface area contributed by atoms with E-state index in [9.17, 15) is 0 Å². The van der Waals surface area contributed by atoms with Crippen molar-refractivity contribution < 1.29 is 4.74 Å². The van der Waals surface area contributed by atoms with Gasteiger partial charge in [-0.1, -0.05) is 12.8 Å². The van der Waals surface area contributed by atoms with Gasteiger partial charge >= 0.3 is 0 Å². The predicted molar refractivity (Wildman–Crippen MR) is 62.6 cm³/mol. The zero-order valence-corrected chi connectivity index (χ0v) is 9.98. The summed E-state index contributed by atoms with van der Waals surface area (Å²) >= 11 is 5.17. The zero-order chi connectivity index (χ0) is 10.7. The maximum Gasteiger partial charge on any atom is 0.177 e. The highest BCUT2D eigenvalue weighted by molar-refractivity contribution is 7.71. The van der Waals surface area contributed by atoms with E-state index in [0.717, 1.165) is 17.9 Å². The second kappa shape index (κ2) is 4.94. The molecule has 0 aromatic carbocycles. The first-order valence-corrected chi connectivity index (χ1v) is 6.04. The van der Waals surface area contributed by atoms with Crippen molar-refractivity contribution in [3.05, 3.63) is 16.7 Å². The maximum absolute atomic E-state index is 5.81. The minimum absolute atomic E-state index is 0.499. The summed E-state index contributed by atoms with van der Waals surface area (Å²) in [6, 6.07) is 0. The lowest BCUT2D eigenvalue weighted by molar-refractivity contribution is 0.0526. The minimum atomic E-state index is 0.499. The van der Waals surface area contributed by atoms with Crippen LogP contribution in [0.1, 0.15) is 31.4 Å². The second-order valence-electron chi connectivity index (χ2n) is 4.16. The molecule has 0 spiro atoms. The molecule has 1 fully saturated rings. The Morgan fingerprint density at radius 3 is 2.87 bits per heavy atom. The molecule has 0 bridgehead atoms. The van der Waals surface area contributed by atoms with Crippen LogP contribution in [0.2, 0.25) is 0 Å². The van der Waals surface area contributed by atoms with Gasteiger partial charge in [-0.05, 0) is 32.0 Å². The van der Waals surface area contributed by atoms with Crippen LogP contribution in [0.4, 0.5) is 0 Å². The molecular weight excluding hydrogens is 208 g/mol. The van der Waals surface area contributed by atoms with E-state index in [1.165, 1.54) is 31.4 Å². The standard InChI is InChI=1S/C11H18N2OS/c1-9-8-12-11(15)13(9)6-7-14-10-4-2-3-5-10/h8,10H,2-7H2,1H3,(H,12,15). The molecule has 84 valence electrons. The Morgan fingerprint density at radius 1 is 1.53 bits per heavy atom. The molecule has 0 amide bonds. The summed E-state index contributed by atoms with van der Waals surface area (Å²) in [5, 5.41) is 0. The molecule has 4 heteroatoms. The predicted octanol–water partition coefficient (Wildman–Crippen LogP) is 2.81. The summed E-state index contributed by atoms with van der Waals surface area (Å²) in [6.45, 7) is 3.70. The van der Waals surface area contributed by atoms with Crippen molar-refractivity contribution in [3.8, 4) is 0 Å². The van der Waals surface area contributed by atoms with E-state index in [0.29, 0.717) is 6.10 Å². The molecule has 3 nitrogen and oxygen atoms in total. The Morgan fingerprint density at radius 2 is 2.27 bits per heavy atom. The van der Waals surface area contributed by atoms with Crippen LogP contribution < -0.4 is 0 Å². The molecule has 0 atom stereocenters. The molecule has 1 heterocycles. The van der Waals surface area contributed by atoms with Crippen molar-refractivity contribution in [3.63, 3.8) is 0 Å². The highest BCUT2D eigenvalue weighted by Crippen LogP contribution is 2.20. The van der Waals surface area contributed by atoms with Gasteiger partial charge in [0.1, 0.15) is 0 Å². The van der Waals surface area contributed by atoms with Gasteiger partial charge in [0.25, 0.3) is 0 Å². The second-order valence-corrected chi connectivity index (χ2v) is 4.55. The third-order valence-electron chi connectivity index (χ3n) is 3.05. The van der Waals surface area contributed by atoms with Gasteiger partial charge in [-0.3, -0.25) is 0 Å². The number of nitrogens with zero attached hydrogens (tertiary/aromatic N) is 1. The number of rotatable bonds is 4. The fourth-order valence-electron chi connectivity index (χ4n) is 2.13. The van der Waals surface area contributed by atoms with Gasteiger partial charge in [0.15, 0.2) is 4.77 Å². The van der Waals surface area contributed by atoms with Crippen LogP contribution in [0.3, 0.4) is 0 Å². The molecule has 15 heavy (non-hydrogen) atoms. The van der Waals surface area contributed by atoms with Gasteiger partial charge in [-0.15, -0.1) is 0 Å². The van der Waals surface area contributed by atoms with Crippen molar-refractivity contribution in [1.29, 1.82) is 0 Å². The monoisotopic (exact) mass is 226 g/mol. The number of aryl methyl sites for hydroxylation is 1. The zero-order valence-electron chi connectivity index (χ0n) is 9.16. The normalized spacial score (nSPS) is 17.4. The first-order chi connectivity index (χ1) is 7.27. The van der Waals surface area contributed by atoms with Crippen molar-refractivity contribution in [2.75, 3.05) is 6.61 Å². The number of ether oxygens (including phenoxy) is 1. The average Bonchev–Trinajstić information content (AvgIpc) is 2.82. The number of hydrogen-bond donors (Lipinski definition) is 1. The number of aromatic amines is 1. The van der Waals surface area contributed by atoms with E-state index in [4.69, 9.17) is 17.0 Å². The lowest BCUT2D eigenvalue weighted by atomic mass is 10.3. The molecule has 1 N–H and O–H groups in total. The van der Waals surface area contributed by atoms with Crippen LogP contribution in [-0.4, -0.2) is 22.3 Å². The van der Waals surface area contributed by atoms with E-state index in [1.807, 2.05) is 6.20 Å². The minimum Gasteiger partial charge on any atom is -0.376 e. The molecule has 0 radical (unpaired) electrons. The van der Waals surface area contributed by atoms with E-state index in [1.54, 1.807) is 0 Å². The van der Waals surface area contributed by atoms with Gasteiger partial charge in [-0.2, -0.15) is 0 Å². The van der Waals surface area contributed by atoms with Crippen LogP contribution in [0.25, 0.3) is 0 Å². The summed E-state index contributed by atoms with van der Waals surface area (Å²) < 4.78 is 8.69. The topological polar surface area (TPSA) is 29.9 Å². The van der Waals surface area contributed by atoms with Crippen molar-refractivity contribution in [2.45, 2.75) is 45.3 Å². The summed E-state index contributed by atoms with van der Waals surface area (Å²) in [7, 11) is 0. The van der Waals surface area contributed by atoms with Gasteiger partial charge < -0.3 is 14.3 Å². The van der Waals surface area contributed by atoms with E-state index in [2.05, 4.69) is 16.5 Å². The lowest BCUT2D eigenvalue weighted by Crippen LogP contribution is -2.13. The molecule has 0 aliphatic heterocycles. The molecule has 0 saturated heterocycles. The van der Waals surface area contributed by atoms with Crippen LogP contribution in [0.5, 0.6) is 0 Å². The lowest BCUT2D eigenvalue weighted by Gasteiger charge is -2.11. The molecule has 1 saturated carbocycles. The average molecular weight is 226 g/mol. The van der Waals surface area contributed by atoms with Crippen LogP contribution in [0, 0.1) is 11.7 Å². The third kappa shape index (κ3) is 2.69. The maximum atomic E-state index is 5.81. The van der Waals surface area contributed by atoms with Crippen molar-refractivity contribution in [2.24, 2.45) is 0 Å². The van der Waals surface area contributed by atoms with E-state index in [-0.39, 0.29) is 0 Å². The van der Waals surface area contributed by atoms with Crippen LogP contribution >= 0.6 is 12.2 Å². The Balaban J connectivity index is 1.80. The first kappa shape index (κ1) is 10.9. The number of imidazole rings is 1. The van der Waals surface area contributed by atoms with Gasteiger partial charge in [-0.25, -0.2) is 0 Å². The molecular formula is C11H18N2OS. The van der Waals surface area contributed by atoms with Crippen LogP contribution in [0.15, 0.2) is 6.20 Å². The van der Waals surface area contributed by atoms with E-state index < -0.39 is 0 Å². The first-order valence-electron chi connectivity index (χ1n) is 5.64. The molecule has 2 rings (SSSR count). The third-order valence-corrected chi connectivity index (χ3v) is 3.38. The SMILES string of the molecule is Cc1c[nH]c(=S)n1CCOC1CCCC1. The Hall–Kier alpha value is -0.610. The smallest absolute Gasteiger partial charge is 0.177 e. The molecule has 0 unspecified atom stereocenters. The van der Waals surface area contributed by atoms with Crippen LogP contribution in [-0.2, 0) is 11.3 Å². The summed E-state index contributed by atoms with van der Waals surface area (Å²) in [6.07, 6.45) is 7.56. The molecule has 1 aromatic heterocycles. The highest BCUT2D eigenvalue weighted by Gasteiger charge is 2.14. The summed E-state index contributed by atoms with van der Waals surface area (Å²) in [5.74, 6) is 0. The van der Waals surface area contributed by atoms with Gasteiger partial charge in [0.05, 0.1) is 12.7 Å². The van der Waals surface area contributed by atoms with Crippen molar-refractivity contribution in [1.82, 2.24) is 9.55 Å². The number of H-pyrrole nitrogens is 1. The molecule has 1 aliphatic rings. The number of hydrogen-bond acceptors (Lipinski definition) is 2. The molecule has 1 aromatic rings. The van der Waals surface area contributed by atoms with Crippen molar-refractivity contribution >= 4 is 12.2 Å². The molecule has 1 aliphatic carbocycles. The number of aromatic nitrogens is 2. The fraction of sp³-hybridized carbons (Fsp3) is 0.727. The van der Waals surface area contributed by atoms with E-state index >= 15 is 0 Å². The van der Waals surface area contributed by atoms with Gasteiger partial charge in [0.2, 0.25) is 0 Å².